The highest BCUT2D eigenvalue weighted by Crippen LogP contribution is 1.99. The first-order valence-corrected chi connectivity index (χ1v) is 4.26. The molecular formula is C8H7NO8. The van der Waals surface area contributed by atoms with Crippen molar-refractivity contribution in [1.29, 1.82) is 0 Å². The minimum absolute atomic E-state index is 0.604. The van der Waals surface area contributed by atoms with Gasteiger partial charge in [0.2, 0.25) is 0 Å². The second kappa shape index (κ2) is 5.61. The molecule has 1 aliphatic heterocycles. The van der Waals surface area contributed by atoms with Gasteiger partial charge in [-0.05, 0) is 0 Å². The molecule has 9 nitrogen and oxygen atoms in total. The van der Waals surface area contributed by atoms with E-state index >= 15 is 0 Å². The number of hydrogen-bond acceptors (Lipinski definition) is 9. The minimum Gasteiger partial charge on any atom is -0.318 e. The molecule has 0 amide bonds. The van der Waals surface area contributed by atoms with Gasteiger partial charge in [-0.3, -0.25) is 0 Å². The van der Waals surface area contributed by atoms with Crippen LogP contribution in [0, 0.1) is 0 Å². The fourth-order valence-corrected chi connectivity index (χ4v) is 0.720. The lowest BCUT2D eigenvalue weighted by atomic mass is 10.2. The van der Waals surface area contributed by atoms with Gasteiger partial charge >= 0.3 is 23.9 Å². The maximum atomic E-state index is 11.0. The summed E-state index contributed by atoms with van der Waals surface area (Å²) in [5.41, 5.74) is 5.20. The smallest absolute Gasteiger partial charge is 0.318 e. The van der Waals surface area contributed by atoms with Crippen molar-refractivity contribution in [3.63, 3.8) is 0 Å². The first-order valence-electron chi connectivity index (χ1n) is 4.26. The average molecular weight is 245 g/mol. The fourth-order valence-electron chi connectivity index (χ4n) is 0.720. The topological polar surface area (TPSA) is 131 Å². The van der Waals surface area contributed by atoms with Crippen LogP contribution in [0.5, 0.6) is 0 Å². The van der Waals surface area contributed by atoms with Gasteiger partial charge in [0.05, 0.1) is 6.42 Å². The van der Waals surface area contributed by atoms with Gasteiger partial charge in [-0.15, -0.1) is 0 Å². The average Bonchev–Trinajstić information content (AvgIpc) is 2.29. The first kappa shape index (κ1) is 12.6. The maximum absolute atomic E-state index is 11.0. The lowest BCUT2D eigenvalue weighted by Crippen LogP contribution is -2.35. The van der Waals surface area contributed by atoms with Crippen molar-refractivity contribution in [3.05, 3.63) is 12.2 Å². The van der Waals surface area contributed by atoms with Crippen molar-refractivity contribution in [2.75, 3.05) is 0 Å². The third-order valence-corrected chi connectivity index (χ3v) is 1.47. The molecule has 0 saturated carbocycles. The van der Waals surface area contributed by atoms with Crippen molar-refractivity contribution in [2.24, 2.45) is 5.73 Å². The van der Waals surface area contributed by atoms with Crippen LogP contribution in [0.1, 0.15) is 6.42 Å². The zero-order valence-corrected chi connectivity index (χ0v) is 8.28. The Labute approximate surface area is 93.9 Å². The summed E-state index contributed by atoms with van der Waals surface area (Å²) in [4.78, 5) is 59.5. The van der Waals surface area contributed by atoms with Crippen LogP contribution in [0.4, 0.5) is 0 Å². The number of hydrogen-bond donors (Lipinski definition) is 1. The van der Waals surface area contributed by atoms with Gasteiger partial charge in [-0.1, -0.05) is 0 Å². The van der Waals surface area contributed by atoms with Crippen LogP contribution in [0.25, 0.3) is 0 Å². The molecule has 2 N–H and O–H groups in total. The van der Waals surface area contributed by atoms with Crippen molar-refractivity contribution < 1.29 is 38.7 Å². The molecule has 1 atom stereocenters. The number of rotatable bonds is 0. The lowest BCUT2D eigenvalue weighted by molar-refractivity contribution is -0.261. The summed E-state index contributed by atoms with van der Waals surface area (Å²) < 4.78 is 0. The molecule has 0 aromatic rings. The number of nitrogens with two attached hydrogens (primary N) is 1. The molecule has 0 aliphatic carbocycles. The summed E-state index contributed by atoms with van der Waals surface area (Å²) in [7, 11) is 0. The Bertz CT molecular complexity index is 387. The Hall–Kier alpha value is -2.42. The molecule has 9 heteroatoms. The Kier molecular flexibility index (Phi) is 4.17. The second-order valence-electron chi connectivity index (χ2n) is 2.81. The summed E-state index contributed by atoms with van der Waals surface area (Å²) in [6, 6.07) is -1.41. The predicted octanol–water partition coefficient (Wildman–Crippen LogP) is -1.72. The summed E-state index contributed by atoms with van der Waals surface area (Å²) in [6.07, 6.45) is 0.620. The van der Waals surface area contributed by atoms with Crippen LogP contribution in [0.15, 0.2) is 12.2 Å². The summed E-state index contributed by atoms with van der Waals surface area (Å²) in [5, 5.41) is 0. The molecule has 0 spiro atoms. The van der Waals surface area contributed by atoms with E-state index in [1.807, 2.05) is 0 Å². The Morgan fingerprint density at radius 3 is 2.06 bits per heavy atom. The van der Waals surface area contributed by atoms with Crippen LogP contribution in [0.3, 0.4) is 0 Å². The fraction of sp³-hybridized carbons (Fsp3) is 0.250. The van der Waals surface area contributed by atoms with E-state index in [0.717, 1.165) is 0 Å². The molecule has 17 heavy (non-hydrogen) atoms. The van der Waals surface area contributed by atoms with Gasteiger partial charge in [0.25, 0.3) is 0 Å². The van der Waals surface area contributed by atoms with Crippen molar-refractivity contribution >= 4 is 23.9 Å². The normalized spacial score (nSPS) is 24.4. The molecule has 0 aromatic carbocycles. The predicted molar refractivity (Wildman–Crippen MR) is 46.1 cm³/mol. The van der Waals surface area contributed by atoms with Crippen molar-refractivity contribution in [2.45, 2.75) is 12.5 Å². The van der Waals surface area contributed by atoms with E-state index in [1.165, 1.54) is 0 Å². The molecule has 0 fully saturated rings. The van der Waals surface area contributed by atoms with Crippen LogP contribution in [-0.4, -0.2) is 29.9 Å². The molecule has 92 valence electrons. The Balaban J connectivity index is 2.74. The number of carbonyl (C=O) groups is 4. The van der Waals surface area contributed by atoms with E-state index in [9.17, 15) is 19.2 Å². The van der Waals surface area contributed by atoms with Gasteiger partial charge in [0, 0.05) is 12.2 Å². The van der Waals surface area contributed by atoms with Gasteiger partial charge < -0.3 is 5.73 Å². The second-order valence-corrected chi connectivity index (χ2v) is 2.81. The van der Waals surface area contributed by atoms with Gasteiger partial charge in [0.15, 0.2) is 0 Å². The zero-order chi connectivity index (χ0) is 12.8. The van der Waals surface area contributed by atoms with E-state index in [0.29, 0.717) is 12.2 Å². The quantitative estimate of drug-likeness (QED) is 0.494. The molecule has 1 rings (SSSR count). The van der Waals surface area contributed by atoms with E-state index in [1.54, 1.807) is 0 Å². The molecule has 0 unspecified atom stereocenters. The van der Waals surface area contributed by atoms with E-state index in [2.05, 4.69) is 19.6 Å². The molecule has 0 radical (unpaired) electrons. The molecule has 1 heterocycles. The summed E-state index contributed by atoms with van der Waals surface area (Å²) in [5.74, 6) is -4.44. The largest absolute Gasteiger partial charge is 0.379 e. The molecular weight excluding hydrogens is 238 g/mol. The first-order chi connectivity index (χ1) is 7.99. The van der Waals surface area contributed by atoms with E-state index in [-0.39, 0.29) is 0 Å². The van der Waals surface area contributed by atoms with Crippen LogP contribution >= 0.6 is 0 Å². The van der Waals surface area contributed by atoms with Crippen LogP contribution in [-0.2, 0) is 38.7 Å². The van der Waals surface area contributed by atoms with E-state index < -0.39 is 36.3 Å². The van der Waals surface area contributed by atoms with Crippen LogP contribution < -0.4 is 5.73 Å². The summed E-state index contributed by atoms with van der Waals surface area (Å²) in [6.45, 7) is 0. The monoisotopic (exact) mass is 245 g/mol. The molecule has 0 saturated heterocycles. The minimum atomic E-state index is -1.41. The third kappa shape index (κ3) is 4.30. The zero-order valence-electron chi connectivity index (χ0n) is 8.28. The Morgan fingerprint density at radius 2 is 1.47 bits per heavy atom. The summed E-state index contributed by atoms with van der Waals surface area (Å²) >= 11 is 0. The SMILES string of the molecule is N[C@@H]1CC(=O)OOC(=O)/C=C/C(=O)OOC1=O. The van der Waals surface area contributed by atoms with Crippen LogP contribution in [0.2, 0.25) is 0 Å². The van der Waals surface area contributed by atoms with Gasteiger partial charge in [-0.2, -0.15) is 0 Å². The van der Waals surface area contributed by atoms with Gasteiger partial charge in [-0.25, -0.2) is 38.7 Å². The Morgan fingerprint density at radius 1 is 0.941 bits per heavy atom. The van der Waals surface area contributed by atoms with Gasteiger partial charge in [0.1, 0.15) is 6.04 Å². The maximum Gasteiger partial charge on any atom is 0.379 e. The molecule has 0 bridgehead atoms. The lowest BCUT2D eigenvalue weighted by Gasteiger charge is -2.08. The number of carbonyl (C=O) groups excluding carboxylic acids is 4. The van der Waals surface area contributed by atoms with Crippen molar-refractivity contribution in [1.82, 2.24) is 0 Å². The highest BCUT2D eigenvalue weighted by Gasteiger charge is 2.24. The molecule has 1 aliphatic rings. The highest BCUT2D eigenvalue weighted by atomic mass is 17.2. The molecule has 0 aromatic heterocycles. The highest BCUT2D eigenvalue weighted by molar-refractivity contribution is 5.92. The third-order valence-electron chi connectivity index (χ3n) is 1.47. The van der Waals surface area contributed by atoms with E-state index in [4.69, 9.17) is 5.73 Å². The van der Waals surface area contributed by atoms with Crippen molar-refractivity contribution in [3.8, 4) is 0 Å². The standard InChI is InChI=1S/C8H7NO8/c9-4-3-7(12)16-14-5(10)1-2-6(11)15-17-8(4)13/h1-2,4H,3,9H2/b2-1+/t4-/m1/s1.